The minimum atomic E-state index is -3.95. The van der Waals surface area contributed by atoms with Crippen LogP contribution in [0, 0.1) is 11.3 Å². The molecule has 0 heterocycles. The first-order valence-electron chi connectivity index (χ1n) is 6.80. The number of sulfone groups is 1. The predicted molar refractivity (Wildman–Crippen MR) is 91.1 cm³/mol. The number of hydrogen-bond acceptors (Lipinski definition) is 5. The highest BCUT2D eigenvalue weighted by Crippen LogP contribution is 2.16. The van der Waals surface area contributed by atoms with Crippen LogP contribution in [0.1, 0.15) is 12.5 Å². The van der Waals surface area contributed by atoms with Gasteiger partial charge in [-0.15, -0.1) is 0 Å². The van der Waals surface area contributed by atoms with Crippen LogP contribution in [0.15, 0.2) is 58.5 Å². The van der Waals surface area contributed by atoms with Gasteiger partial charge in [-0.25, -0.2) is 8.42 Å². The van der Waals surface area contributed by atoms with Crippen LogP contribution in [0.4, 0.5) is 5.69 Å². The summed E-state index contributed by atoms with van der Waals surface area (Å²) in [6.45, 7) is 1.97. The molecule has 2 aromatic rings. The molecule has 0 saturated carbocycles. The fraction of sp³-hybridized carbons (Fsp3) is 0.125. The summed E-state index contributed by atoms with van der Waals surface area (Å²) >= 11 is 5.77. The summed E-state index contributed by atoms with van der Waals surface area (Å²) in [5.41, 5.74) is 4.09. The number of benzene rings is 2. The Morgan fingerprint density at radius 1 is 1.17 bits per heavy atom. The van der Waals surface area contributed by atoms with E-state index >= 15 is 0 Å². The Labute approximate surface area is 140 Å². The maximum Gasteiger partial charge on any atom is 0.256 e. The van der Waals surface area contributed by atoms with Gasteiger partial charge in [-0.3, -0.25) is 5.43 Å². The normalized spacial score (nSPS) is 11.8. The second-order valence-corrected chi connectivity index (χ2v) is 6.95. The highest BCUT2D eigenvalue weighted by molar-refractivity contribution is 8.07. The molecule has 0 fully saturated rings. The number of hydrogen-bond donors (Lipinski definition) is 1. The summed E-state index contributed by atoms with van der Waals surface area (Å²) in [6.07, 6.45) is 0.803. The van der Waals surface area contributed by atoms with E-state index in [9.17, 15) is 8.42 Å². The van der Waals surface area contributed by atoms with Crippen molar-refractivity contribution in [3.63, 3.8) is 0 Å². The van der Waals surface area contributed by atoms with Crippen molar-refractivity contribution in [2.75, 3.05) is 5.43 Å². The lowest BCUT2D eigenvalue weighted by Gasteiger charge is -2.05. The quantitative estimate of drug-likeness (QED) is 0.520. The van der Waals surface area contributed by atoms with Crippen molar-refractivity contribution in [1.82, 2.24) is 0 Å². The molecule has 0 saturated heterocycles. The van der Waals surface area contributed by atoms with E-state index in [-0.39, 0.29) is 4.90 Å². The molecular weight excluding hydrogens is 334 g/mol. The van der Waals surface area contributed by atoms with Crippen molar-refractivity contribution in [1.29, 1.82) is 5.26 Å². The molecule has 0 aromatic heterocycles. The molecule has 0 radical (unpaired) electrons. The summed E-state index contributed by atoms with van der Waals surface area (Å²) < 4.78 is 24.8. The van der Waals surface area contributed by atoms with Crippen molar-refractivity contribution in [2.24, 2.45) is 5.10 Å². The first-order valence-corrected chi connectivity index (χ1v) is 8.67. The number of aryl methyl sites for hydroxylation is 1. The van der Waals surface area contributed by atoms with Crippen LogP contribution in [0.2, 0.25) is 5.02 Å². The topological polar surface area (TPSA) is 82.3 Å². The molecule has 2 aromatic carbocycles. The van der Waals surface area contributed by atoms with Crippen LogP contribution in [0.5, 0.6) is 0 Å². The van der Waals surface area contributed by atoms with Crippen LogP contribution in [-0.4, -0.2) is 13.5 Å². The van der Waals surface area contributed by atoms with Gasteiger partial charge in [-0.05, 0) is 48.4 Å². The molecule has 118 valence electrons. The molecule has 5 nitrogen and oxygen atoms in total. The third kappa shape index (κ3) is 4.09. The van der Waals surface area contributed by atoms with E-state index < -0.39 is 14.9 Å². The molecule has 0 amide bonds. The van der Waals surface area contributed by atoms with Crippen molar-refractivity contribution in [3.8, 4) is 6.07 Å². The predicted octanol–water partition coefficient (Wildman–Crippen LogP) is 3.63. The van der Waals surface area contributed by atoms with E-state index in [2.05, 4.69) is 10.5 Å². The molecule has 0 unspecified atom stereocenters. The van der Waals surface area contributed by atoms with Gasteiger partial charge in [-0.1, -0.05) is 30.7 Å². The van der Waals surface area contributed by atoms with Crippen LogP contribution >= 0.6 is 11.6 Å². The highest BCUT2D eigenvalue weighted by Gasteiger charge is 2.22. The molecular formula is C16H14ClN3O2S. The van der Waals surface area contributed by atoms with Crippen molar-refractivity contribution in [2.45, 2.75) is 18.2 Å². The smallest absolute Gasteiger partial charge is 0.256 e. The molecule has 23 heavy (non-hydrogen) atoms. The van der Waals surface area contributed by atoms with Crippen molar-refractivity contribution >= 4 is 32.2 Å². The van der Waals surface area contributed by atoms with Gasteiger partial charge < -0.3 is 0 Å². The molecule has 7 heteroatoms. The molecule has 0 spiro atoms. The maximum atomic E-state index is 12.4. The van der Waals surface area contributed by atoms with Gasteiger partial charge >= 0.3 is 0 Å². The lowest BCUT2D eigenvalue weighted by Crippen LogP contribution is -2.15. The minimum absolute atomic E-state index is 0.0351. The van der Waals surface area contributed by atoms with Crippen LogP contribution in [-0.2, 0) is 16.3 Å². The monoisotopic (exact) mass is 347 g/mol. The number of nitriles is 1. The second-order valence-electron chi connectivity index (χ2n) is 4.65. The number of anilines is 1. The summed E-state index contributed by atoms with van der Waals surface area (Å²) in [7, 11) is -3.95. The Kier molecular flexibility index (Phi) is 5.37. The first-order chi connectivity index (χ1) is 11.0. The second kappa shape index (κ2) is 7.27. The number of halogens is 1. The third-order valence-electron chi connectivity index (χ3n) is 3.12. The third-order valence-corrected chi connectivity index (χ3v) is 4.96. The molecule has 0 aliphatic rings. The van der Waals surface area contributed by atoms with Crippen molar-refractivity contribution in [3.05, 3.63) is 59.1 Å². The number of rotatable bonds is 4. The number of nitrogens with one attached hydrogen (secondary N) is 1. The average Bonchev–Trinajstić information content (AvgIpc) is 2.57. The van der Waals surface area contributed by atoms with Crippen molar-refractivity contribution < 1.29 is 8.42 Å². The zero-order chi connectivity index (χ0) is 16.9. The minimum Gasteiger partial charge on any atom is -0.277 e. The molecule has 2 rings (SSSR count). The van der Waals surface area contributed by atoms with Crippen LogP contribution in [0.25, 0.3) is 0 Å². The van der Waals surface area contributed by atoms with Gasteiger partial charge in [-0.2, -0.15) is 10.4 Å². The van der Waals surface area contributed by atoms with E-state index in [4.69, 9.17) is 16.9 Å². The number of hydrazone groups is 1. The average molecular weight is 348 g/mol. The van der Waals surface area contributed by atoms with E-state index in [0.29, 0.717) is 10.7 Å². The lowest BCUT2D eigenvalue weighted by molar-refractivity contribution is 0.607. The summed E-state index contributed by atoms with van der Waals surface area (Å²) in [4.78, 5) is 0.0351. The molecule has 0 bridgehead atoms. The van der Waals surface area contributed by atoms with Gasteiger partial charge in [0.25, 0.3) is 5.04 Å². The standard InChI is InChI=1S/C16H14ClN3O2S/c1-2-12-3-9-15(10-4-12)23(21,22)16(11-18)20-19-14-7-5-13(17)6-8-14/h3-10,19H,2H2,1H3/b20-16+. The van der Waals surface area contributed by atoms with Gasteiger partial charge in [0.1, 0.15) is 6.07 Å². The van der Waals surface area contributed by atoms with Gasteiger partial charge in [0.05, 0.1) is 10.6 Å². The first kappa shape index (κ1) is 17.0. The fourth-order valence-electron chi connectivity index (χ4n) is 1.80. The van der Waals surface area contributed by atoms with E-state index in [1.54, 1.807) is 42.5 Å². The van der Waals surface area contributed by atoms with E-state index in [0.717, 1.165) is 12.0 Å². The zero-order valence-corrected chi connectivity index (χ0v) is 13.9. The Morgan fingerprint density at radius 3 is 2.30 bits per heavy atom. The Morgan fingerprint density at radius 2 is 1.78 bits per heavy atom. The summed E-state index contributed by atoms with van der Waals surface area (Å²) in [5.74, 6) is 0. The summed E-state index contributed by atoms with van der Waals surface area (Å²) in [6, 6.07) is 14.5. The molecule has 0 aliphatic heterocycles. The van der Waals surface area contributed by atoms with E-state index in [1.807, 2.05) is 6.92 Å². The Balaban J connectivity index is 2.29. The van der Waals surface area contributed by atoms with E-state index in [1.165, 1.54) is 12.1 Å². The Hall–Kier alpha value is -2.36. The SMILES string of the molecule is CCc1ccc(S(=O)(=O)/C(C#N)=N/Nc2ccc(Cl)cc2)cc1. The highest BCUT2D eigenvalue weighted by atomic mass is 35.5. The maximum absolute atomic E-state index is 12.4. The lowest BCUT2D eigenvalue weighted by atomic mass is 10.2. The largest absolute Gasteiger partial charge is 0.277 e. The molecule has 1 N–H and O–H groups in total. The molecule has 0 atom stereocenters. The molecule has 0 aliphatic carbocycles. The van der Waals surface area contributed by atoms with Gasteiger partial charge in [0, 0.05) is 5.02 Å². The Bertz CT molecular complexity index is 852. The number of nitrogens with zero attached hydrogens (tertiary/aromatic N) is 2. The van der Waals surface area contributed by atoms with Gasteiger partial charge in [0.15, 0.2) is 0 Å². The van der Waals surface area contributed by atoms with Crippen LogP contribution < -0.4 is 5.43 Å². The van der Waals surface area contributed by atoms with Gasteiger partial charge in [0.2, 0.25) is 9.84 Å². The van der Waals surface area contributed by atoms with Crippen LogP contribution in [0.3, 0.4) is 0 Å². The summed E-state index contributed by atoms with van der Waals surface area (Å²) in [5, 5.41) is 12.8. The zero-order valence-electron chi connectivity index (χ0n) is 12.3. The fourth-order valence-corrected chi connectivity index (χ4v) is 2.93.